The topological polar surface area (TPSA) is 88.1 Å². The van der Waals surface area contributed by atoms with Crippen molar-refractivity contribution in [2.24, 2.45) is 0 Å². The summed E-state index contributed by atoms with van der Waals surface area (Å²) < 4.78 is 6.76. The standard InChI is InChI=1S/C13H9ClN6O/c1-21-9-4-2-3-8(6-15)12(9)19-11-5-10(14)18-13-16-7-17-20(11)13/h2-5,7,19H,1H3. The number of nitriles is 1. The van der Waals surface area contributed by atoms with Gasteiger partial charge in [0.1, 0.15) is 34.8 Å². The van der Waals surface area contributed by atoms with Crippen molar-refractivity contribution in [3.63, 3.8) is 0 Å². The second kappa shape index (κ2) is 5.26. The van der Waals surface area contributed by atoms with Crippen molar-refractivity contribution >= 4 is 28.9 Å². The fourth-order valence-electron chi connectivity index (χ4n) is 1.92. The molecule has 0 unspecified atom stereocenters. The zero-order chi connectivity index (χ0) is 14.8. The van der Waals surface area contributed by atoms with Crippen LogP contribution in [-0.2, 0) is 0 Å². The summed E-state index contributed by atoms with van der Waals surface area (Å²) in [6.07, 6.45) is 1.37. The molecule has 0 aliphatic carbocycles. The Balaban J connectivity index is 2.15. The Morgan fingerprint density at radius 3 is 3.05 bits per heavy atom. The first-order chi connectivity index (χ1) is 10.2. The van der Waals surface area contributed by atoms with Gasteiger partial charge in [0.15, 0.2) is 0 Å². The van der Waals surface area contributed by atoms with Crippen LogP contribution in [0, 0.1) is 11.3 Å². The average molecular weight is 301 g/mol. The summed E-state index contributed by atoms with van der Waals surface area (Å²) in [7, 11) is 1.53. The summed E-state index contributed by atoms with van der Waals surface area (Å²) in [5.74, 6) is 1.43. The maximum absolute atomic E-state index is 9.23. The zero-order valence-corrected chi connectivity index (χ0v) is 11.7. The number of hydrogen-bond donors (Lipinski definition) is 1. The molecule has 0 amide bonds. The first kappa shape index (κ1) is 13.1. The predicted octanol–water partition coefficient (Wildman–Crippen LogP) is 2.40. The van der Waals surface area contributed by atoms with Gasteiger partial charge in [0.05, 0.1) is 12.7 Å². The van der Waals surface area contributed by atoms with Gasteiger partial charge in [-0.2, -0.15) is 24.8 Å². The number of methoxy groups -OCH3 is 1. The van der Waals surface area contributed by atoms with Gasteiger partial charge in [0.2, 0.25) is 0 Å². The third-order valence-corrected chi connectivity index (χ3v) is 3.03. The van der Waals surface area contributed by atoms with Crippen molar-refractivity contribution in [1.29, 1.82) is 5.26 Å². The number of rotatable bonds is 3. The Bertz CT molecular complexity index is 853. The maximum Gasteiger partial charge on any atom is 0.255 e. The highest BCUT2D eigenvalue weighted by Crippen LogP contribution is 2.31. The molecule has 1 N–H and O–H groups in total. The van der Waals surface area contributed by atoms with E-state index in [0.717, 1.165) is 0 Å². The number of hydrogen-bond acceptors (Lipinski definition) is 6. The fourth-order valence-corrected chi connectivity index (χ4v) is 2.10. The van der Waals surface area contributed by atoms with Crippen LogP contribution in [0.15, 0.2) is 30.6 Å². The molecule has 0 saturated carbocycles. The number of aromatic nitrogens is 4. The summed E-state index contributed by atoms with van der Waals surface area (Å²) in [5.41, 5.74) is 0.970. The smallest absolute Gasteiger partial charge is 0.255 e. The van der Waals surface area contributed by atoms with Gasteiger partial charge >= 0.3 is 0 Å². The Morgan fingerprint density at radius 2 is 2.29 bits per heavy atom. The Hall–Kier alpha value is -2.85. The van der Waals surface area contributed by atoms with Crippen LogP contribution in [0.5, 0.6) is 5.75 Å². The van der Waals surface area contributed by atoms with E-state index in [1.54, 1.807) is 24.3 Å². The average Bonchev–Trinajstić information content (AvgIpc) is 2.95. The summed E-state index contributed by atoms with van der Waals surface area (Å²) in [4.78, 5) is 8.03. The second-order valence-electron chi connectivity index (χ2n) is 4.06. The molecule has 104 valence electrons. The highest BCUT2D eigenvalue weighted by molar-refractivity contribution is 6.29. The molecule has 0 aliphatic heterocycles. The van der Waals surface area contributed by atoms with Crippen LogP contribution in [-0.4, -0.2) is 26.7 Å². The summed E-state index contributed by atoms with van der Waals surface area (Å²) >= 11 is 5.97. The van der Waals surface area contributed by atoms with Crippen LogP contribution in [0.25, 0.3) is 5.78 Å². The molecule has 0 atom stereocenters. The summed E-state index contributed by atoms with van der Waals surface area (Å²) in [6, 6.07) is 8.89. The minimum absolute atomic E-state index is 0.270. The minimum atomic E-state index is 0.270. The molecule has 0 radical (unpaired) electrons. The number of nitrogens with zero attached hydrogens (tertiary/aromatic N) is 5. The van der Waals surface area contributed by atoms with E-state index in [4.69, 9.17) is 16.3 Å². The number of ether oxygens (including phenoxy) is 1. The van der Waals surface area contributed by atoms with E-state index in [1.165, 1.54) is 18.0 Å². The van der Waals surface area contributed by atoms with Crippen LogP contribution in [0.3, 0.4) is 0 Å². The lowest BCUT2D eigenvalue weighted by atomic mass is 10.2. The normalized spacial score (nSPS) is 10.3. The summed E-state index contributed by atoms with van der Waals surface area (Å²) in [5, 5.41) is 16.7. The number of para-hydroxylation sites is 1. The van der Waals surface area contributed by atoms with Gasteiger partial charge in [-0.25, -0.2) is 0 Å². The second-order valence-corrected chi connectivity index (χ2v) is 4.44. The van der Waals surface area contributed by atoms with Gasteiger partial charge in [-0.3, -0.25) is 0 Å². The third-order valence-electron chi connectivity index (χ3n) is 2.84. The quantitative estimate of drug-likeness (QED) is 0.747. The number of fused-ring (bicyclic) bond motifs is 1. The largest absolute Gasteiger partial charge is 0.495 e. The lowest BCUT2D eigenvalue weighted by Crippen LogP contribution is -2.04. The molecule has 7 nitrogen and oxygen atoms in total. The fraction of sp³-hybridized carbons (Fsp3) is 0.0769. The highest BCUT2D eigenvalue weighted by atomic mass is 35.5. The molecular weight excluding hydrogens is 292 g/mol. The van der Waals surface area contributed by atoms with E-state index in [-0.39, 0.29) is 5.15 Å². The van der Waals surface area contributed by atoms with Crippen molar-refractivity contribution in [2.75, 3.05) is 12.4 Å². The van der Waals surface area contributed by atoms with Crippen LogP contribution in [0.1, 0.15) is 5.56 Å². The van der Waals surface area contributed by atoms with E-state index < -0.39 is 0 Å². The zero-order valence-electron chi connectivity index (χ0n) is 10.9. The molecule has 2 heterocycles. The molecule has 0 fully saturated rings. The van der Waals surface area contributed by atoms with Gasteiger partial charge in [0, 0.05) is 6.07 Å². The number of nitrogens with one attached hydrogen (secondary N) is 1. The molecular formula is C13H9ClN6O. The molecule has 3 aromatic rings. The molecule has 0 bridgehead atoms. The summed E-state index contributed by atoms with van der Waals surface area (Å²) in [6.45, 7) is 0. The van der Waals surface area contributed by atoms with Crippen LogP contribution < -0.4 is 10.1 Å². The Labute approximate surface area is 124 Å². The van der Waals surface area contributed by atoms with Crippen LogP contribution in [0.4, 0.5) is 11.5 Å². The molecule has 8 heteroatoms. The first-order valence-corrected chi connectivity index (χ1v) is 6.31. The van der Waals surface area contributed by atoms with Gasteiger partial charge in [0.25, 0.3) is 5.78 Å². The van der Waals surface area contributed by atoms with Gasteiger partial charge < -0.3 is 10.1 Å². The van der Waals surface area contributed by atoms with Crippen molar-refractivity contribution in [3.05, 3.63) is 41.3 Å². The van der Waals surface area contributed by atoms with E-state index >= 15 is 0 Å². The number of halogens is 1. The van der Waals surface area contributed by atoms with E-state index in [2.05, 4.69) is 26.5 Å². The lowest BCUT2D eigenvalue weighted by Gasteiger charge is -2.13. The van der Waals surface area contributed by atoms with Crippen molar-refractivity contribution in [2.45, 2.75) is 0 Å². The molecule has 0 aliphatic rings. The van der Waals surface area contributed by atoms with Crippen LogP contribution >= 0.6 is 11.6 Å². The molecule has 0 spiro atoms. The monoisotopic (exact) mass is 300 g/mol. The SMILES string of the molecule is COc1cccc(C#N)c1Nc1cc(Cl)nc2ncnn12. The van der Waals surface area contributed by atoms with E-state index in [1.807, 2.05) is 0 Å². The molecule has 2 aromatic heterocycles. The third kappa shape index (κ3) is 2.32. The van der Waals surface area contributed by atoms with Crippen molar-refractivity contribution in [1.82, 2.24) is 19.6 Å². The van der Waals surface area contributed by atoms with Gasteiger partial charge in [-0.15, -0.1) is 0 Å². The van der Waals surface area contributed by atoms with E-state index in [0.29, 0.717) is 28.6 Å². The molecule has 0 saturated heterocycles. The molecule has 3 rings (SSSR count). The Morgan fingerprint density at radius 1 is 1.43 bits per heavy atom. The maximum atomic E-state index is 9.23. The predicted molar refractivity (Wildman–Crippen MR) is 76.8 cm³/mol. The number of benzene rings is 1. The Kier molecular flexibility index (Phi) is 3.30. The molecule has 21 heavy (non-hydrogen) atoms. The number of anilines is 2. The van der Waals surface area contributed by atoms with Crippen molar-refractivity contribution in [3.8, 4) is 11.8 Å². The molecule has 1 aromatic carbocycles. The highest BCUT2D eigenvalue weighted by Gasteiger charge is 2.13. The van der Waals surface area contributed by atoms with E-state index in [9.17, 15) is 5.26 Å². The van der Waals surface area contributed by atoms with Gasteiger partial charge in [-0.05, 0) is 12.1 Å². The van der Waals surface area contributed by atoms with Crippen molar-refractivity contribution < 1.29 is 4.74 Å². The van der Waals surface area contributed by atoms with Crippen LogP contribution in [0.2, 0.25) is 5.15 Å². The van der Waals surface area contributed by atoms with Gasteiger partial charge in [-0.1, -0.05) is 17.7 Å². The first-order valence-electron chi connectivity index (χ1n) is 5.93. The lowest BCUT2D eigenvalue weighted by molar-refractivity contribution is 0.416. The minimum Gasteiger partial charge on any atom is -0.495 e.